The van der Waals surface area contributed by atoms with Gasteiger partial charge in [0.05, 0.1) is 5.69 Å². The van der Waals surface area contributed by atoms with Gasteiger partial charge in [0.25, 0.3) is 5.91 Å². The average Bonchev–Trinajstić information content (AvgIpc) is 3.39. The number of hydrogen-bond donors (Lipinski definition) is 1. The van der Waals surface area contributed by atoms with Crippen LogP contribution in [0.15, 0.2) is 46.9 Å². The summed E-state index contributed by atoms with van der Waals surface area (Å²) in [5.74, 6) is 1.73. The molecule has 30 heavy (non-hydrogen) atoms. The lowest BCUT2D eigenvalue weighted by Crippen LogP contribution is -2.11. The summed E-state index contributed by atoms with van der Waals surface area (Å²) in [7, 11) is 0. The van der Waals surface area contributed by atoms with Crippen molar-refractivity contribution in [2.45, 2.75) is 32.3 Å². The number of rotatable bonds is 6. The lowest BCUT2D eigenvalue weighted by molar-refractivity contribution is 0.103. The number of nitrogens with zero attached hydrogens (tertiary/aromatic N) is 2. The molecule has 0 unspecified atom stereocenters. The van der Waals surface area contributed by atoms with Crippen LogP contribution in [0.1, 0.15) is 45.0 Å². The van der Waals surface area contributed by atoms with Crippen LogP contribution in [0.25, 0.3) is 11.1 Å². The van der Waals surface area contributed by atoms with E-state index in [2.05, 4.69) is 15.3 Å². The summed E-state index contributed by atoms with van der Waals surface area (Å²) >= 11 is 7.21. The summed E-state index contributed by atoms with van der Waals surface area (Å²) in [6.07, 6.45) is 2.26. The van der Waals surface area contributed by atoms with Gasteiger partial charge in [-0.1, -0.05) is 11.6 Å². The lowest BCUT2D eigenvalue weighted by atomic mass is 10.2. The number of oxazole rings is 1. The maximum atomic E-state index is 12.8. The Kier molecular flexibility index (Phi) is 4.92. The van der Waals surface area contributed by atoms with Gasteiger partial charge >= 0.3 is 0 Å². The Morgan fingerprint density at radius 3 is 2.80 bits per heavy atom. The molecular weight excluding hydrogens is 422 g/mol. The van der Waals surface area contributed by atoms with E-state index in [0.717, 1.165) is 34.8 Å². The molecule has 0 bridgehead atoms. The van der Waals surface area contributed by atoms with Crippen LogP contribution in [0.4, 0.5) is 5.69 Å². The quantitative estimate of drug-likeness (QED) is 0.401. The van der Waals surface area contributed by atoms with E-state index < -0.39 is 0 Å². The predicted molar refractivity (Wildman–Crippen MR) is 117 cm³/mol. The first-order valence-corrected chi connectivity index (χ1v) is 10.8. The first-order valence-electron chi connectivity index (χ1n) is 9.61. The fourth-order valence-electron chi connectivity index (χ4n) is 3.12. The van der Waals surface area contributed by atoms with Crippen LogP contribution < -0.4 is 10.1 Å². The molecule has 1 fully saturated rings. The summed E-state index contributed by atoms with van der Waals surface area (Å²) in [5.41, 5.74) is 2.85. The van der Waals surface area contributed by atoms with Gasteiger partial charge in [-0.05, 0) is 62.2 Å². The van der Waals surface area contributed by atoms with E-state index in [-0.39, 0.29) is 12.5 Å². The number of aromatic nitrogens is 2. The highest BCUT2D eigenvalue weighted by molar-refractivity contribution is 7.13. The number of thiazole rings is 1. The third-order valence-corrected chi connectivity index (χ3v) is 6.19. The van der Waals surface area contributed by atoms with Crippen molar-refractivity contribution in [1.82, 2.24) is 9.97 Å². The van der Waals surface area contributed by atoms with E-state index >= 15 is 0 Å². The van der Waals surface area contributed by atoms with Crippen LogP contribution in [0, 0.1) is 6.92 Å². The van der Waals surface area contributed by atoms with E-state index in [0.29, 0.717) is 32.9 Å². The molecule has 1 N–H and O–H groups in total. The number of ether oxygens (including phenoxy) is 1. The van der Waals surface area contributed by atoms with Crippen LogP contribution in [0.3, 0.4) is 0 Å². The van der Waals surface area contributed by atoms with Crippen molar-refractivity contribution >= 4 is 45.6 Å². The molecule has 152 valence electrons. The first kappa shape index (κ1) is 19.1. The van der Waals surface area contributed by atoms with Gasteiger partial charge in [0.15, 0.2) is 11.5 Å². The van der Waals surface area contributed by atoms with E-state index in [1.54, 1.807) is 24.3 Å². The minimum atomic E-state index is -0.201. The Balaban J connectivity index is 1.27. The summed E-state index contributed by atoms with van der Waals surface area (Å²) in [6.45, 7) is 2.11. The topological polar surface area (TPSA) is 77.2 Å². The highest BCUT2D eigenvalue weighted by atomic mass is 35.5. The molecule has 0 aliphatic heterocycles. The third kappa shape index (κ3) is 4.04. The lowest BCUT2D eigenvalue weighted by Gasteiger charge is -2.04. The van der Waals surface area contributed by atoms with Crippen LogP contribution in [0.5, 0.6) is 5.75 Å². The van der Waals surface area contributed by atoms with Gasteiger partial charge in [-0.3, -0.25) is 4.79 Å². The van der Waals surface area contributed by atoms with Crippen molar-refractivity contribution in [1.29, 1.82) is 0 Å². The summed E-state index contributed by atoms with van der Waals surface area (Å²) in [5, 5.41) is 4.32. The highest BCUT2D eigenvalue weighted by Crippen LogP contribution is 2.40. The third-order valence-electron chi connectivity index (χ3n) is 4.81. The summed E-state index contributed by atoms with van der Waals surface area (Å²) in [6, 6.07) is 12.6. The second-order valence-corrected chi connectivity index (χ2v) is 8.75. The Hall–Kier alpha value is -2.90. The zero-order chi connectivity index (χ0) is 20.7. The molecule has 1 aliphatic carbocycles. The van der Waals surface area contributed by atoms with Crippen molar-refractivity contribution < 1.29 is 13.9 Å². The first-order chi connectivity index (χ1) is 14.5. The molecule has 0 saturated heterocycles. The normalized spacial score (nSPS) is 13.5. The smallest absolute Gasteiger partial charge is 0.267 e. The SMILES string of the molecule is Cc1nc(COc2ccc(Cl)cc2)sc1C(=O)Nc1ccc2oc(C3CC3)nc2c1. The van der Waals surface area contributed by atoms with E-state index in [1.165, 1.54) is 11.3 Å². The predicted octanol–water partition coefficient (Wildman–Crippen LogP) is 5.95. The number of benzene rings is 2. The molecule has 2 aromatic heterocycles. The van der Waals surface area contributed by atoms with Gasteiger partial charge in [0.1, 0.15) is 27.8 Å². The highest BCUT2D eigenvalue weighted by Gasteiger charge is 2.29. The minimum absolute atomic E-state index is 0.201. The Morgan fingerprint density at radius 1 is 1.23 bits per heavy atom. The van der Waals surface area contributed by atoms with Crippen LogP contribution >= 0.6 is 22.9 Å². The fraction of sp³-hybridized carbons (Fsp3) is 0.227. The van der Waals surface area contributed by atoms with Crippen molar-refractivity contribution in [3.8, 4) is 5.75 Å². The van der Waals surface area contributed by atoms with Crippen molar-refractivity contribution in [3.05, 3.63) is 69.0 Å². The Bertz CT molecular complexity index is 1230. The van der Waals surface area contributed by atoms with Gasteiger partial charge in [0.2, 0.25) is 0 Å². The second-order valence-electron chi connectivity index (χ2n) is 7.23. The largest absolute Gasteiger partial charge is 0.486 e. The Labute approximate surface area is 181 Å². The van der Waals surface area contributed by atoms with Gasteiger partial charge in [-0.25, -0.2) is 9.97 Å². The molecular formula is C22H18ClN3O3S. The zero-order valence-electron chi connectivity index (χ0n) is 16.1. The van der Waals surface area contributed by atoms with Gasteiger partial charge < -0.3 is 14.5 Å². The summed E-state index contributed by atoms with van der Waals surface area (Å²) < 4.78 is 11.5. The molecule has 2 heterocycles. The maximum Gasteiger partial charge on any atom is 0.267 e. The molecule has 0 spiro atoms. The number of hydrogen-bond acceptors (Lipinski definition) is 6. The van der Waals surface area contributed by atoms with Gasteiger partial charge in [-0.2, -0.15) is 0 Å². The molecule has 8 heteroatoms. The molecule has 1 amide bonds. The molecule has 2 aromatic carbocycles. The molecule has 1 saturated carbocycles. The van der Waals surface area contributed by atoms with Crippen molar-refractivity contribution in [3.63, 3.8) is 0 Å². The molecule has 1 aliphatic rings. The second kappa shape index (κ2) is 7.74. The number of anilines is 1. The number of fused-ring (bicyclic) bond motifs is 1. The standard InChI is InChI=1S/C22H18ClN3O3S/c1-12-20(30-19(24-12)11-28-16-7-4-14(23)5-8-16)21(27)25-15-6-9-18-17(10-15)26-22(29-18)13-2-3-13/h4-10,13H,2-3,11H2,1H3,(H,25,27). The monoisotopic (exact) mass is 439 g/mol. The Morgan fingerprint density at radius 2 is 2.03 bits per heavy atom. The molecule has 5 rings (SSSR count). The molecule has 0 atom stereocenters. The van der Waals surface area contributed by atoms with Crippen LogP contribution in [-0.2, 0) is 6.61 Å². The molecule has 4 aromatic rings. The van der Waals surface area contributed by atoms with E-state index in [1.807, 2.05) is 25.1 Å². The fourth-order valence-corrected chi connectivity index (χ4v) is 4.12. The van der Waals surface area contributed by atoms with Crippen LogP contribution in [0.2, 0.25) is 5.02 Å². The van der Waals surface area contributed by atoms with Gasteiger partial charge in [0, 0.05) is 16.6 Å². The van der Waals surface area contributed by atoms with Crippen molar-refractivity contribution in [2.24, 2.45) is 0 Å². The average molecular weight is 440 g/mol. The van der Waals surface area contributed by atoms with E-state index in [9.17, 15) is 4.79 Å². The number of halogens is 1. The molecule has 6 nitrogen and oxygen atoms in total. The number of aryl methyl sites for hydroxylation is 1. The molecule has 0 radical (unpaired) electrons. The maximum absolute atomic E-state index is 12.8. The van der Waals surface area contributed by atoms with E-state index in [4.69, 9.17) is 20.8 Å². The number of amides is 1. The number of carbonyl (C=O) groups is 1. The summed E-state index contributed by atoms with van der Waals surface area (Å²) in [4.78, 5) is 22.3. The zero-order valence-corrected chi connectivity index (χ0v) is 17.7. The number of nitrogens with one attached hydrogen (secondary N) is 1. The van der Waals surface area contributed by atoms with Crippen LogP contribution in [-0.4, -0.2) is 15.9 Å². The minimum Gasteiger partial charge on any atom is -0.486 e. The number of carbonyl (C=O) groups excluding carboxylic acids is 1. The van der Waals surface area contributed by atoms with Crippen molar-refractivity contribution in [2.75, 3.05) is 5.32 Å². The van der Waals surface area contributed by atoms with Gasteiger partial charge in [-0.15, -0.1) is 11.3 Å².